The number of aromatic nitrogens is 2. The van der Waals surface area contributed by atoms with E-state index in [9.17, 15) is 4.79 Å². The minimum Gasteiger partial charge on any atom is -0.462 e. The highest BCUT2D eigenvalue weighted by molar-refractivity contribution is 7.09. The molecule has 0 aliphatic carbocycles. The number of ether oxygens (including phenoxy) is 1. The number of aryl methyl sites for hydroxylation is 1. The van der Waals surface area contributed by atoms with Gasteiger partial charge in [0.2, 0.25) is 0 Å². The highest BCUT2D eigenvalue weighted by atomic mass is 32.1. The van der Waals surface area contributed by atoms with E-state index in [1.165, 1.54) is 0 Å². The summed E-state index contributed by atoms with van der Waals surface area (Å²) in [7, 11) is 0. The number of nitrogens with one attached hydrogen (secondary N) is 1. The topological polar surface area (TPSA) is 64.1 Å². The van der Waals surface area contributed by atoms with Crippen LogP contribution in [0.1, 0.15) is 28.0 Å². The zero-order valence-electron chi connectivity index (χ0n) is 11.5. The average molecular weight is 291 g/mol. The lowest BCUT2D eigenvalue weighted by Crippen LogP contribution is -2.13. The van der Waals surface area contributed by atoms with Crippen LogP contribution >= 0.6 is 11.3 Å². The maximum Gasteiger partial charge on any atom is 0.341 e. The van der Waals surface area contributed by atoms with Crippen LogP contribution in [-0.2, 0) is 11.2 Å². The van der Waals surface area contributed by atoms with Crippen LogP contribution in [0.3, 0.4) is 0 Å². The van der Waals surface area contributed by atoms with E-state index < -0.39 is 0 Å². The summed E-state index contributed by atoms with van der Waals surface area (Å²) < 4.78 is 5.01. The third kappa shape index (κ3) is 3.77. The van der Waals surface area contributed by atoms with Gasteiger partial charge in [-0.05, 0) is 26.0 Å². The van der Waals surface area contributed by atoms with Crippen molar-refractivity contribution >= 4 is 23.1 Å². The molecule has 0 fully saturated rings. The Morgan fingerprint density at radius 3 is 3.05 bits per heavy atom. The number of nitrogens with zero attached hydrogens (tertiary/aromatic N) is 2. The van der Waals surface area contributed by atoms with Crippen molar-refractivity contribution in [3.8, 4) is 0 Å². The Hall–Kier alpha value is -1.95. The second-order valence-electron chi connectivity index (χ2n) is 4.15. The van der Waals surface area contributed by atoms with Crippen LogP contribution in [0.25, 0.3) is 0 Å². The van der Waals surface area contributed by atoms with E-state index in [2.05, 4.69) is 15.3 Å². The predicted molar refractivity (Wildman–Crippen MR) is 79.2 cm³/mol. The molecule has 0 aromatic carbocycles. The summed E-state index contributed by atoms with van der Waals surface area (Å²) in [5.41, 5.74) is 1.51. The summed E-state index contributed by atoms with van der Waals surface area (Å²) in [6, 6.07) is 3.43. The Bertz CT molecular complexity index is 583. The van der Waals surface area contributed by atoms with Gasteiger partial charge in [-0.1, -0.05) is 0 Å². The lowest BCUT2D eigenvalue weighted by Gasteiger charge is -2.09. The SMILES string of the molecule is CCOC(=O)c1cccnc1NCCc1csc(C)n1. The molecule has 2 heterocycles. The Kier molecular flexibility index (Phi) is 5.06. The zero-order valence-corrected chi connectivity index (χ0v) is 12.4. The lowest BCUT2D eigenvalue weighted by atomic mass is 10.2. The molecule has 20 heavy (non-hydrogen) atoms. The molecular formula is C14H17N3O2S. The minimum atomic E-state index is -0.354. The molecule has 2 rings (SSSR count). The maximum absolute atomic E-state index is 11.8. The lowest BCUT2D eigenvalue weighted by molar-refractivity contribution is 0.0527. The smallest absolute Gasteiger partial charge is 0.341 e. The molecule has 0 spiro atoms. The van der Waals surface area contributed by atoms with Gasteiger partial charge in [0, 0.05) is 24.5 Å². The summed E-state index contributed by atoms with van der Waals surface area (Å²) in [5, 5.41) is 6.27. The fraction of sp³-hybridized carbons (Fsp3) is 0.357. The number of carbonyl (C=O) groups is 1. The quantitative estimate of drug-likeness (QED) is 0.829. The molecule has 6 heteroatoms. The number of carbonyl (C=O) groups excluding carboxylic acids is 1. The van der Waals surface area contributed by atoms with Gasteiger partial charge < -0.3 is 10.1 Å². The Morgan fingerprint density at radius 1 is 1.50 bits per heavy atom. The van der Waals surface area contributed by atoms with Crippen LogP contribution < -0.4 is 5.32 Å². The van der Waals surface area contributed by atoms with Crippen molar-refractivity contribution < 1.29 is 9.53 Å². The zero-order chi connectivity index (χ0) is 14.4. The number of pyridine rings is 1. The third-order valence-electron chi connectivity index (χ3n) is 2.64. The summed E-state index contributed by atoms with van der Waals surface area (Å²) in [4.78, 5) is 20.4. The average Bonchev–Trinajstić information content (AvgIpc) is 2.85. The first-order valence-corrected chi connectivity index (χ1v) is 7.35. The van der Waals surface area contributed by atoms with Crippen LogP contribution in [0, 0.1) is 6.92 Å². The normalized spacial score (nSPS) is 10.3. The van der Waals surface area contributed by atoms with Gasteiger partial charge in [-0.2, -0.15) is 0 Å². The second-order valence-corrected chi connectivity index (χ2v) is 5.22. The van der Waals surface area contributed by atoms with Crippen molar-refractivity contribution in [3.05, 3.63) is 40.0 Å². The maximum atomic E-state index is 11.8. The van der Waals surface area contributed by atoms with Crippen molar-refractivity contribution in [1.29, 1.82) is 0 Å². The fourth-order valence-electron chi connectivity index (χ4n) is 1.75. The van der Waals surface area contributed by atoms with Crippen LogP contribution in [-0.4, -0.2) is 29.1 Å². The van der Waals surface area contributed by atoms with Gasteiger partial charge >= 0.3 is 5.97 Å². The van der Waals surface area contributed by atoms with Gasteiger partial charge in [0.1, 0.15) is 11.4 Å². The number of esters is 1. The van der Waals surface area contributed by atoms with E-state index >= 15 is 0 Å². The van der Waals surface area contributed by atoms with Crippen molar-refractivity contribution in [2.45, 2.75) is 20.3 Å². The predicted octanol–water partition coefficient (Wildman–Crippen LogP) is 2.68. The minimum absolute atomic E-state index is 0.352. The molecule has 106 valence electrons. The molecule has 2 aromatic rings. The van der Waals surface area contributed by atoms with E-state index in [1.807, 2.05) is 12.3 Å². The first-order chi connectivity index (χ1) is 9.70. The molecule has 0 saturated carbocycles. The second kappa shape index (κ2) is 7.00. The molecule has 0 amide bonds. The Morgan fingerprint density at radius 2 is 2.35 bits per heavy atom. The van der Waals surface area contributed by atoms with Gasteiger partial charge in [0.15, 0.2) is 0 Å². The summed E-state index contributed by atoms with van der Waals surface area (Å²) in [6.45, 7) is 4.79. The van der Waals surface area contributed by atoms with Crippen molar-refractivity contribution in [3.63, 3.8) is 0 Å². The standard InChI is InChI=1S/C14H17N3O2S/c1-3-19-14(18)12-5-4-7-15-13(12)16-8-6-11-9-20-10(2)17-11/h4-5,7,9H,3,6,8H2,1-2H3,(H,15,16). The Balaban J connectivity index is 1.97. The van der Waals surface area contributed by atoms with E-state index in [1.54, 1.807) is 36.6 Å². The van der Waals surface area contributed by atoms with Gasteiger partial charge in [-0.3, -0.25) is 0 Å². The highest BCUT2D eigenvalue weighted by Crippen LogP contribution is 2.13. The van der Waals surface area contributed by atoms with E-state index in [0.717, 1.165) is 17.1 Å². The summed E-state index contributed by atoms with van der Waals surface area (Å²) in [5.74, 6) is 0.200. The van der Waals surface area contributed by atoms with Crippen molar-refractivity contribution in [2.75, 3.05) is 18.5 Å². The van der Waals surface area contributed by atoms with Gasteiger partial charge in [-0.15, -0.1) is 11.3 Å². The molecular weight excluding hydrogens is 274 g/mol. The number of thiazole rings is 1. The third-order valence-corrected chi connectivity index (χ3v) is 3.47. The van der Waals surface area contributed by atoms with Crippen molar-refractivity contribution in [1.82, 2.24) is 9.97 Å². The molecule has 0 aliphatic heterocycles. The number of anilines is 1. The molecule has 1 N–H and O–H groups in total. The largest absolute Gasteiger partial charge is 0.462 e. The monoisotopic (exact) mass is 291 g/mol. The highest BCUT2D eigenvalue weighted by Gasteiger charge is 2.12. The van der Waals surface area contributed by atoms with E-state index in [4.69, 9.17) is 4.74 Å². The van der Waals surface area contributed by atoms with Crippen LogP contribution in [0.4, 0.5) is 5.82 Å². The molecule has 2 aromatic heterocycles. The van der Waals surface area contributed by atoms with Crippen LogP contribution in [0.15, 0.2) is 23.7 Å². The molecule has 0 saturated heterocycles. The van der Waals surface area contributed by atoms with E-state index in [-0.39, 0.29) is 5.97 Å². The molecule has 0 atom stereocenters. The molecule has 0 aliphatic rings. The van der Waals surface area contributed by atoms with Gasteiger partial charge in [-0.25, -0.2) is 14.8 Å². The van der Waals surface area contributed by atoms with Crippen molar-refractivity contribution in [2.24, 2.45) is 0 Å². The fourth-order valence-corrected chi connectivity index (χ4v) is 2.40. The number of hydrogen-bond donors (Lipinski definition) is 1. The number of hydrogen-bond acceptors (Lipinski definition) is 6. The summed E-state index contributed by atoms with van der Waals surface area (Å²) in [6.07, 6.45) is 2.45. The summed E-state index contributed by atoms with van der Waals surface area (Å²) >= 11 is 1.64. The number of rotatable bonds is 6. The first kappa shape index (κ1) is 14.5. The van der Waals surface area contributed by atoms with Crippen LogP contribution in [0.2, 0.25) is 0 Å². The Labute approximate surface area is 122 Å². The molecule has 0 unspecified atom stereocenters. The first-order valence-electron chi connectivity index (χ1n) is 6.47. The van der Waals surface area contributed by atoms with E-state index in [0.29, 0.717) is 24.5 Å². The van der Waals surface area contributed by atoms with Gasteiger partial charge in [0.25, 0.3) is 0 Å². The molecule has 5 nitrogen and oxygen atoms in total. The van der Waals surface area contributed by atoms with Gasteiger partial charge in [0.05, 0.1) is 17.3 Å². The molecule has 0 bridgehead atoms. The van der Waals surface area contributed by atoms with Crippen LogP contribution in [0.5, 0.6) is 0 Å². The molecule has 0 radical (unpaired) electrons.